The minimum Gasteiger partial charge on any atom is -0.375 e. The van der Waals surface area contributed by atoms with E-state index in [1.165, 1.54) is 12.8 Å². The van der Waals surface area contributed by atoms with Gasteiger partial charge in [-0.25, -0.2) is 0 Å². The number of amides is 1. The van der Waals surface area contributed by atoms with Gasteiger partial charge in [-0.2, -0.15) is 0 Å². The lowest BCUT2D eigenvalue weighted by Crippen LogP contribution is -2.45. The maximum Gasteiger partial charge on any atom is 0.225 e. The summed E-state index contributed by atoms with van der Waals surface area (Å²) >= 11 is 0. The van der Waals surface area contributed by atoms with Crippen LogP contribution in [0.2, 0.25) is 0 Å². The predicted molar refractivity (Wildman–Crippen MR) is 112 cm³/mol. The van der Waals surface area contributed by atoms with E-state index in [2.05, 4.69) is 29.7 Å². The zero-order chi connectivity index (χ0) is 19.8. The molecule has 1 aromatic carbocycles. The Morgan fingerprint density at radius 1 is 1.25 bits per heavy atom. The summed E-state index contributed by atoms with van der Waals surface area (Å²) in [7, 11) is 1.72. The third-order valence-corrected chi connectivity index (χ3v) is 5.76. The summed E-state index contributed by atoms with van der Waals surface area (Å²) in [5, 5.41) is 6.83. The summed E-state index contributed by atoms with van der Waals surface area (Å²) in [5.74, 6) is 1.40. The van der Waals surface area contributed by atoms with Gasteiger partial charge in [-0.1, -0.05) is 43.2 Å². The largest absolute Gasteiger partial charge is 0.375 e. The maximum absolute atomic E-state index is 12.7. The SMILES string of the molecule is CCNC(=NCC(OC)c1ccccc1)NC1CCN(C(=O)C2CCCC2)C1. The molecular weight excluding hydrogens is 352 g/mol. The smallest absolute Gasteiger partial charge is 0.225 e. The van der Waals surface area contributed by atoms with E-state index in [0.717, 1.165) is 50.4 Å². The van der Waals surface area contributed by atoms with Gasteiger partial charge in [0, 0.05) is 38.7 Å². The van der Waals surface area contributed by atoms with Crippen LogP contribution in [0.25, 0.3) is 0 Å². The molecule has 2 fully saturated rings. The van der Waals surface area contributed by atoms with E-state index in [0.29, 0.717) is 12.5 Å². The van der Waals surface area contributed by atoms with Crippen molar-refractivity contribution in [2.75, 3.05) is 33.3 Å². The molecular formula is C22H34N4O2. The van der Waals surface area contributed by atoms with E-state index in [-0.39, 0.29) is 18.1 Å². The molecule has 1 amide bonds. The van der Waals surface area contributed by atoms with Crippen LogP contribution in [-0.2, 0) is 9.53 Å². The van der Waals surface area contributed by atoms with Gasteiger partial charge in [0.2, 0.25) is 5.91 Å². The number of likely N-dealkylation sites (tertiary alicyclic amines) is 1. The van der Waals surface area contributed by atoms with Crippen LogP contribution >= 0.6 is 0 Å². The molecule has 3 rings (SSSR count). The first kappa shape index (κ1) is 20.6. The Hall–Kier alpha value is -2.08. The number of rotatable bonds is 7. The topological polar surface area (TPSA) is 66.0 Å². The standard InChI is InChI=1S/C22H34N4O2/c1-3-23-22(24-15-20(28-2)17-9-5-4-6-10-17)25-19-13-14-26(16-19)21(27)18-11-7-8-12-18/h4-6,9-10,18-20H,3,7-8,11-16H2,1-2H3,(H2,23,24,25). The molecule has 2 atom stereocenters. The van der Waals surface area contributed by atoms with E-state index in [1.54, 1.807) is 7.11 Å². The molecule has 2 unspecified atom stereocenters. The summed E-state index contributed by atoms with van der Waals surface area (Å²) < 4.78 is 5.62. The van der Waals surface area contributed by atoms with Gasteiger partial charge in [0.1, 0.15) is 6.10 Å². The van der Waals surface area contributed by atoms with Crippen LogP contribution < -0.4 is 10.6 Å². The van der Waals surface area contributed by atoms with E-state index >= 15 is 0 Å². The van der Waals surface area contributed by atoms with Crippen LogP contribution in [0.15, 0.2) is 35.3 Å². The highest BCUT2D eigenvalue weighted by molar-refractivity contribution is 5.81. The summed E-state index contributed by atoms with van der Waals surface area (Å²) in [6.45, 7) is 5.02. The number of carbonyl (C=O) groups excluding carboxylic acids is 1. The molecule has 28 heavy (non-hydrogen) atoms. The molecule has 1 heterocycles. The number of hydrogen-bond acceptors (Lipinski definition) is 3. The lowest BCUT2D eigenvalue weighted by Gasteiger charge is -2.22. The quantitative estimate of drug-likeness (QED) is 0.559. The first-order chi connectivity index (χ1) is 13.7. The Morgan fingerprint density at radius 2 is 2.00 bits per heavy atom. The van der Waals surface area contributed by atoms with Crippen LogP contribution in [0.3, 0.4) is 0 Å². The molecule has 1 aliphatic heterocycles. The van der Waals surface area contributed by atoms with Gasteiger partial charge in [-0.15, -0.1) is 0 Å². The van der Waals surface area contributed by atoms with E-state index in [4.69, 9.17) is 9.73 Å². The normalized spacial score (nSPS) is 21.7. The van der Waals surface area contributed by atoms with E-state index in [1.807, 2.05) is 23.1 Å². The van der Waals surface area contributed by atoms with Crippen LogP contribution in [0.5, 0.6) is 0 Å². The second-order valence-corrected chi connectivity index (χ2v) is 7.75. The van der Waals surface area contributed by atoms with Crippen molar-refractivity contribution in [2.24, 2.45) is 10.9 Å². The first-order valence-corrected chi connectivity index (χ1v) is 10.6. The van der Waals surface area contributed by atoms with Crippen LogP contribution in [0.1, 0.15) is 50.7 Å². The highest BCUT2D eigenvalue weighted by atomic mass is 16.5. The second-order valence-electron chi connectivity index (χ2n) is 7.75. The lowest BCUT2D eigenvalue weighted by molar-refractivity contribution is -0.134. The van der Waals surface area contributed by atoms with E-state index < -0.39 is 0 Å². The number of ether oxygens (including phenoxy) is 1. The summed E-state index contributed by atoms with van der Waals surface area (Å²) in [6, 6.07) is 10.4. The van der Waals surface area contributed by atoms with Crippen molar-refractivity contribution in [2.45, 2.75) is 51.2 Å². The van der Waals surface area contributed by atoms with Gasteiger partial charge < -0.3 is 20.3 Å². The minimum atomic E-state index is -0.0688. The number of methoxy groups -OCH3 is 1. The molecule has 6 nitrogen and oxygen atoms in total. The molecule has 0 spiro atoms. The minimum absolute atomic E-state index is 0.0688. The Bertz CT molecular complexity index is 643. The van der Waals surface area contributed by atoms with Crippen LogP contribution in [0.4, 0.5) is 0 Å². The van der Waals surface area contributed by atoms with E-state index in [9.17, 15) is 4.79 Å². The second kappa shape index (κ2) is 10.5. The fourth-order valence-corrected chi connectivity index (χ4v) is 4.18. The monoisotopic (exact) mass is 386 g/mol. The molecule has 2 N–H and O–H groups in total. The van der Waals surface area contributed by atoms with Crippen molar-refractivity contribution in [3.8, 4) is 0 Å². The third kappa shape index (κ3) is 5.47. The number of carbonyl (C=O) groups is 1. The fourth-order valence-electron chi connectivity index (χ4n) is 4.18. The van der Waals surface area contributed by atoms with Crippen molar-refractivity contribution in [3.63, 3.8) is 0 Å². The van der Waals surface area contributed by atoms with Gasteiger partial charge in [0.05, 0.1) is 6.54 Å². The molecule has 0 bridgehead atoms. The maximum atomic E-state index is 12.7. The molecule has 2 aliphatic rings. The molecule has 1 aromatic rings. The lowest BCUT2D eigenvalue weighted by atomic mass is 10.1. The van der Waals surface area contributed by atoms with Crippen LogP contribution in [0, 0.1) is 5.92 Å². The number of benzene rings is 1. The molecule has 6 heteroatoms. The average Bonchev–Trinajstić information content (AvgIpc) is 3.41. The molecule has 1 saturated heterocycles. The highest BCUT2D eigenvalue weighted by Crippen LogP contribution is 2.27. The van der Waals surface area contributed by atoms with Gasteiger partial charge in [0.15, 0.2) is 5.96 Å². The molecule has 1 saturated carbocycles. The summed E-state index contributed by atoms with van der Waals surface area (Å²) in [4.78, 5) is 19.4. The zero-order valence-corrected chi connectivity index (χ0v) is 17.2. The van der Waals surface area contributed by atoms with Crippen molar-refractivity contribution in [1.29, 1.82) is 0 Å². The van der Waals surface area contributed by atoms with Crippen LogP contribution in [-0.4, -0.2) is 56.1 Å². The molecule has 0 aromatic heterocycles. The number of guanidine groups is 1. The van der Waals surface area contributed by atoms with Gasteiger partial charge >= 0.3 is 0 Å². The Kier molecular flexibility index (Phi) is 7.71. The average molecular weight is 387 g/mol. The van der Waals surface area contributed by atoms with Crippen molar-refractivity contribution in [1.82, 2.24) is 15.5 Å². The Labute approximate surface area is 168 Å². The zero-order valence-electron chi connectivity index (χ0n) is 17.2. The molecule has 0 radical (unpaired) electrons. The number of hydrogen-bond donors (Lipinski definition) is 2. The first-order valence-electron chi connectivity index (χ1n) is 10.6. The summed E-state index contributed by atoms with van der Waals surface area (Å²) in [6.07, 6.45) is 5.43. The number of aliphatic imine (C=N–C) groups is 1. The fraction of sp³-hybridized carbons (Fsp3) is 0.636. The Morgan fingerprint density at radius 3 is 2.68 bits per heavy atom. The molecule has 154 valence electrons. The van der Waals surface area contributed by atoms with Gasteiger partial charge in [-0.3, -0.25) is 9.79 Å². The highest BCUT2D eigenvalue weighted by Gasteiger charge is 2.32. The number of nitrogens with one attached hydrogen (secondary N) is 2. The van der Waals surface area contributed by atoms with Gasteiger partial charge in [0.25, 0.3) is 0 Å². The summed E-state index contributed by atoms with van der Waals surface area (Å²) in [5.41, 5.74) is 1.12. The third-order valence-electron chi connectivity index (χ3n) is 5.76. The molecule has 1 aliphatic carbocycles. The van der Waals surface area contributed by atoms with Crippen molar-refractivity contribution in [3.05, 3.63) is 35.9 Å². The predicted octanol–water partition coefficient (Wildman–Crippen LogP) is 2.72. The van der Waals surface area contributed by atoms with Crippen molar-refractivity contribution >= 4 is 11.9 Å². The number of nitrogens with zero attached hydrogens (tertiary/aromatic N) is 2. The van der Waals surface area contributed by atoms with Gasteiger partial charge in [-0.05, 0) is 31.7 Å². The Balaban J connectivity index is 1.55. The van der Waals surface area contributed by atoms with Crippen molar-refractivity contribution < 1.29 is 9.53 Å².